The van der Waals surface area contributed by atoms with Crippen molar-refractivity contribution in [3.8, 4) is 11.3 Å². The molecule has 0 aliphatic rings. The van der Waals surface area contributed by atoms with Gasteiger partial charge in [0.15, 0.2) is 5.13 Å². The standard InChI is InChI=1S/C26H21Cl2N3O2S2/c1-15-3-5-17(6-4-15)25(33)29-19-8-10-20(11-9-19)35-16(2)24(32)31-26-30-23(14-34-26)21-12-7-18(27)13-22(21)28/h3-14,16H,1-2H3,(H,29,33)(H,30,31,32). The van der Waals surface area contributed by atoms with Crippen LogP contribution in [0.15, 0.2) is 77.0 Å². The molecule has 0 radical (unpaired) electrons. The van der Waals surface area contributed by atoms with E-state index < -0.39 is 0 Å². The summed E-state index contributed by atoms with van der Waals surface area (Å²) >= 11 is 15.0. The van der Waals surface area contributed by atoms with Crippen LogP contribution < -0.4 is 10.6 Å². The Balaban J connectivity index is 1.32. The first kappa shape index (κ1) is 25.3. The van der Waals surface area contributed by atoms with E-state index in [4.69, 9.17) is 23.2 Å². The average molecular weight is 543 g/mol. The van der Waals surface area contributed by atoms with Gasteiger partial charge in [-0.2, -0.15) is 0 Å². The van der Waals surface area contributed by atoms with E-state index in [0.717, 1.165) is 16.0 Å². The molecule has 5 nitrogen and oxygen atoms in total. The van der Waals surface area contributed by atoms with Gasteiger partial charge in [-0.15, -0.1) is 23.1 Å². The Morgan fingerprint density at radius 2 is 1.69 bits per heavy atom. The van der Waals surface area contributed by atoms with Gasteiger partial charge in [0.2, 0.25) is 5.91 Å². The summed E-state index contributed by atoms with van der Waals surface area (Å²) in [7, 11) is 0. The molecule has 0 aliphatic carbocycles. The van der Waals surface area contributed by atoms with E-state index in [-0.39, 0.29) is 17.1 Å². The Bertz CT molecular complexity index is 1360. The fourth-order valence-corrected chi connectivity index (χ4v) is 5.23. The van der Waals surface area contributed by atoms with E-state index in [1.54, 1.807) is 30.3 Å². The molecule has 4 aromatic rings. The van der Waals surface area contributed by atoms with Gasteiger partial charge < -0.3 is 10.6 Å². The third-order valence-corrected chi connectivity index (χ3v) is 7.47. The lowest BCUT2D eigenvalue weighted by Crippen LogP contribution is -2.22. The third kappa shape index (κ3) is 6.64. The number of nitrogens with zero attached hydrogens (tertiary/aromatic N) is 1. The Morgan fingerprint density at radius 3 is 2.37 bits per heavy atom. The summed E-state index contributed by atoms with van der Waals surface area (Å²) in [5, 5.41) is 8.79. The highest BCUT2D eigenvalue weighted by Crippen LogP contribution is 2.33. The smallest absolute Gasteiger partial charge is 0.255 e. The highest BCUT2D eigenvalue weighted by Gasteiger charge is 2.17. The molecule has 0 fully saturated rings. The molecule has 2 N–H and O–H groups in total. The van der Waals surface area contributed by atoms with E-state index in [0.29, 0.717) is 32.1 Å². The summed E-state index contributed by atoms with van der Waals surface area (Å²) in [5.74, 6) is -0.323. The Morgan fingerprint density at radius 1 is 0.971 bits per heavy atom. The maximum absolute atomic E-state index is 12.7. The van der Waals surface area contributed by atoms with Crippen molar-refractivity contribution in [2.75, 3.05) is 10.6 Å². The normalized spacial score (nSPS) is 11.7. The van der Waals surface area contributed by atoms with Crippen LogP contribution in [0.4, 0.5) is 10.8 Å². The molecular formula is C26H21Cl2N3O2S2. The van der Waals surface area contributed by atoms with Gasteiger partial charge in [-0.25, -0.2) is 4.98 Å². The maximum Gasteiger partial charge on any atom is 0.255 e. The molecule has 2 amide bonds. The number of carbonyl (C=O) groups excluding carboxylic acids is 2. The molecule has 4 rings (SSSR count). The average Bonchev–Trinajstić information content (AvgIpc) is 3.28. The van der Waals surface area contributed by atoms with Gasteiger partial charge in [0.05, 0.1) is 16.0 Å². The molecule has 0 saturated carbocycles. The SMILES string of the molecule is Cc1ccc(C(=O)Nc2ccc(SC(C)C(=O)Nc3nc(-c4ccc(Cl)cc4Cl)cs3)cc2)cc1. The lowest BCUT2D eigenvalue weighted by Gasteiger charge is -2.11. The van der Waals surface area contributed by atoms with Crippen LogP contribution in [-0.4, -0.2) is 22.0 Å². The second-order valence-electron chi connectivity index (χ2n) is 7.76. The van der Waals surface area contributed by atoms with Crippen LogP contribution in [-0.2, 0) is 4.79 Å². The summed E-state index contributed by atoms with van der Waals surface area (Å²) < 4.78 is 0. The number of anilines is 2. The first-order valence-electron chi connectivity index (χ1n) is 10.6. The highest BCUT2D eigenvalue weighted by molar-refractivity contribution is 8.00. The Hall–Kier alpha value is -2.84. The van der Waals surface area contributed by atoms with E-state index in [9.17, 15) is 9.59 Å². The number of nitrogens with one attached hydrogen (secondary N) is 2. The van der Waals surface area contributed by atoms with Crippen LogP contribution in [0.25, 0.3) is 11.3 Å². The van der Waals surface area contributed by atoms with E-state index >= 15 is 0 Å². The third-order valence-electron chi connectivity index (χ3n) is 5.05. The van der Waals surface area contributed by atoms with Crippen molar-refractivity contribution >= 4 is 68.9 Å². The van der Waals surface area contributed by atoms with Gasteiger partial charge in [-0.1, -0.05) is 40.9 Å². The molecule has 1 atom stereocenters. The molecule has 9 heteroatoms. The summed E-state index contributed by atoms with van der Waals surface area (Å²) in [4.78, 5) is 30.5. The largest absolute Gasteiger partial charge is 0.322 e. The van der Waals surface area contributed by atoms with Crippen molar-refractivity contribution in [2.45, 2.75) is 24.0 Å². The van der Waals surface area contributed by atoms with Crippen LogP contribution in [0.1, 0.15) is 22.8 Å². The van der Waals surface area contributed by atoms with Crippen molar-refractivity contribution in [1.29, 1.82) is 0 Å². The molecule has 3 aromatic carbocycles. The molecule has 1 heterocycles. The summed E-state index contributed by atoms with van der Waals surface area (Å²) in [6.07, 6.45) is 0. The molecular weight excluding hydrogens is 521 g/mol. The van der Waals surface area contributed by atoms with Crippen molar-refractivity contribution in [3.05, 3.63) is 93.3 Å². The number of aryl methyl sites for hydroxylation is 1. The molecule has 0 bridgehead atoms. The van der Waals surface area contributed by atoms with Crippen LogP contribution in [0.5, 0.6) is 0 Å². The zero-order valence-corrected chi connectivity index (χ0v) is 22.0. The lowest BCUT2D eigenvalue weighted by atomic mass is 10.1. The number of amides is 2. The van der Waals surface area contributed by atoms with E-state index in [2.05, 4.69) is 15.6 Å². The van der Waals surface area contributed by atoms with Gasteiger partial charge in [0.25, 0.3) is 5.91 Å². The zero-order chi connectivity index (χ0) is 24.9. The molecule has 1 aromatic heterocycles. The topological polar surface area (TPSA) is 71.1 Å². The van der Waals surface area contributed by atoms with Gasteiger partial charge in [-0.3, -0.25) is 9.59 Å². The number of halogens is 2. The number of benzene rings is 3. The fourth-order valence-electron chi connectivity index (χ4n) is 3.14. The Kier molecular flexibility index (Phi) is 8.13. The fraction of sp³-hybridized carbons (Fsp3) is 0.115. The van der Waals surface area contributed by atoms with E-state index in [1.165, 1.54) is 23.1 Å². The maximum atomic E-state index is 12.7. The number of aromatic nitrogens is 1. The minimum absolute atomic E-state index is 0.158. The highest BCUT2D eigenvalue weighted by atomic mass is 35.5. The van der Waals surface area contributed by atoms with Gasteiger partial charge in [-0.05, 0) is 68.4 Å². The lowest BCUT2D eigenvalue weighted by molar-refractivity contribution is -0.115. The molecule has 0 aliphatic heterocycles. The van der Waals surface area contributed by atoms with Crippen LogP contribution in [0.3, 0.4) is 0 Å². The number of thiazole rings is 1. The minimum Gasteiger partial charge on any atom is -0.322 e. The van der Waals surface area contributed by atoms with Crippen molar-refractivity contribution < 1.29 is 9.59 Å². The Labute approximate surface area is 221 Å². The van der Waals surface area contributed by atoms with Crippen molar-refractivity contribution in [1.82, 2.24) is 4.98 Å². The number of carbonyl (C=O) groups is 2. The number of thioether (sulfide) groups is 1. The predicted octanol–water partition coefficient (Wildman–Crippen LogP) is 7.80. The monoisotopic (exact) mass is 541 g/mol. The molecule has 35 heavy (non-hydrogen) atoms. The van der Waals surface area contributed by atoms with E-state index in [1.807, 2.05) is 55.6 Å². The van der Waals surface area contributed by atoms with Crippen LogP contribution >= 0.6 is 46.3 Å². The first-order valence-corrected chi connectivity index (χ1v) is 13.2. The molecule has 0 spiro atoms. The summed E-state index contributed by atoms with van der Waals surface area (Å²) in [6, 6.07) is 20.0. The number of rotatable bonds is 7. The van der Waals surface area contributed by atoms with Crippen LogP contribution in [0, 0.1) is 6.92 Å². The van der Waals surface area contributed by atoms with Crippen molar-refractivity contribution in [3.63, 3.8) is 0 Å². The summed E-state index contributed by atoms with van der Waals surface area (Å²) in [6.45, 7) is 3.81. The van der Waals surface area contributed by atoms with Crippen LogP contribution in [0.2, 0.25) is 10.0 Å². The first-order chi connectivity index (χ1) is 16.8. The number of hydrogen-bond donors (Lipinski definition) is 2. The second kappa shape index (κ2) is 11.3. The molecule has 178 valence electrons. The van der Waals surface area contributed by atoms with Gasteiger partial charge in [0, 0.05) is 32.1 Å². The van der Waals surface area contributed by atoms with Gasteiger partial charge in [0.1, 0.15) is 0 Å². The second-order valence-corrected chi connectivity index (χ2v) is 10.9. The molecule has 1 unspecified atom stereocenters. The zero-order valence-electron chi connectivity index (χ0n) is 18.8. The minimum atomic E-state index is -0.352. The van der Waals surface area contributed by atoms with Gasteiger partial charge >= 0.3 is 0 Å². The predicted molar refractivity (Wildman–Crippen MR) is 147 cm³/mol. The van der Waals surface area contributed by atoms with Crippen molar-refractivity contribution in [2.24, 2.45) is 0 Å². The quantitative estimate of drug-likeness (QED) is 0.234. The summed E-state index contributed by atoms with van der Waals surface area (Å²) in [5.41, 5.74) is 3.82. The molecule has 0 saturated heterocycles. The number of hydrogen-bond acceptors (Lipinski definition) is 5.